The van der Waals surface area contributed by atoms with Crippen LogP contribution in [0.2, 0.25) is 0 Å². The van der Waals surface area contributed by atoms with Crippen LogP contribution >= 0.6 is 0 Å². The van der Waals surface area contributed by atoms with Gasteiger partial charge in [-0.3, -0.25) is 4.79 Å². The molecule has 110 valence electrons. The van der Waals surface area contributed by atoms with Gasteiger partial charge in [-0.15, -0.1) is 0 Å². The van der Waals surface area contributed by atoms with Crippen LogP contribution in [0.25, 0.3) is 0 Å². The lowest BCUT2D eigenvalue weighted by Gasteiger charge is -2.30. The van der Waals surface area contributed by atoms with Crippen molar-refractivity contribution in [3.8, 4) is 5.75 Å². The number of carboxylic acid groups (broad SMARTS) is 1. The minimum absolute atomic E-state index is 0.203. The van der Waals surface area contributed by atoms with Crippen LogP contribution in [0.4, 0.5) is 0 Å². The molecular weight excluding hydrogens is 252 g/mol. The SMILES string of the molecule is COc1ccc(C)cc1[C@@H]1C[C@H](C(=O)O)C(C)(C)[C@@H]1C. The highest BCUT2D eigenvalue weighted by Gasteiger charge is 2.50. The van der Waals surface area contributed by atoms with Crippen LogP contribution in [0.5, 0.6) is 5.75 Å². The Morgan fingerprint density at radius 2 is 2.05 bits per heavy atom. The summed E-state index contributed by atoms with van der Waals surface area (Å²) in [6, 6.07) is 6.15. The molecule has 0 bridgehead atoms. The zero-order valence-corrected chi connectivity index (χ0v) is 12.9. The van der Waals surface area contributed by atoms with Gasteiger partial charge in [-0.25, -0.2) is 0 Å². The van der Waals surface area contributed by atoms with Gasteiger partial charge < -0.3 is 9.84 Å². The maximum absolute atomic E-state index is 11.5. The van der Waals surface area contributed by atoms with Crippen molar-refractivity contribution >= 4 is 5.97 Å². The Hall–Kier alpha value is -1.51. The molecule has 3 nitrogen and oxygen atoms in total. The van der Waals surface area contributed by atoms with Crippen LogP contribution in [0.3, 0.4) is 0 Å². The number of methoxy groups -OCH3 is 1. The van der Waals surface area contributed by atoms with E-state index in [0.717, 1.165) is 11.3 Å². The number of carbonyl (C=O) groups is 1. The van der Waals surface area contributed by atoms with Gasteiger partial charge in [0.05, 0.1) is 13.0 Å². The van der Waals surface area contributed by atoms with E-state index in [2.05, 4.69) is 33.8 Å². The van der Waals surface area contributed by atoms with Gasteiger partial charge in [0.15, 0.2) is 0 Å². The molecule has 1 N–H and O–H groups in total. The van der Waals surface area contributed by atoms with Crippen LogP contribution in [0.15, 0.2) is 18.2 Å². The summed E-state index contributed by atoms with van der Waals surface area (Å²) in [6.45, 7) is 8.36. The molecule has 2 rings (SSSR count). The number of aryl methyl sites for hydroxylation is 1. The van der Waals surface area contributed by atoms with E-state index >= 15 is 0 Å². The molecule has 0 radical (unpaired) electrons. The molecule has 1 aromatic rings. The lowest BCUT2D eigenvalue weighted by atomic mass is 9.74. The highest BCUT2D eigenvalue weighted by Crippen LogP contribution is 2.55. The van der Waals surface area contributed by atoms with Gasteiger partial charge in [0.1, 0.15) is 5.75 Å². The first-order chi connectivity index (χ1) is 9.28. The van der Waals surface area contributed by atoms with Crippen molar-refractivity contribution in [1.82, 2.24) is 0 Å². The van der Waals surface area contributed by atoms with Gasteiger partial charge in [0.2, 0.25) is 0 Å². The summed E-state index contributed by atoms with van der Waals surface area (Å²) in [7, 11) is 1.67. The van der Waals surface area contributed by atoms with Gasteiger partial charge >= 0.3 is 5.97 Å². The Labute approximate surface area is 121 Å². The van der Waals surface area contributed by atoms with Crippen molar-refractivity contribution in [2.45, 2.75) is 40.0 Å². The van der Waals surface area contributed by atoms with Crippen molar-refractivity contribution < 1.29 is 14.6 Å². The summed E-state index contributed by atoms with van der Waals surface area (Å²) in [5.41, 5.74) is 2.13. The van der Waals surface area contributed by atoms with E-state index in [9.17, 15) is 9.90 Å². The molecule has 20 heavy (non-hydrogen) atoms. The topological polar surface area (TPSA) is 46.5 Å². The third kappa shape index (κ3) is 2.30. The molecule has 0 unspecified atom stereocenters. The molecule has 1 aliphatic carbocycles. The van der Waals surface area contributed by atoms with Crippen molar-refractivity contribution in [3.05, 3.63) is 29.3 Å². The summed E-state index contributed by atoms with van der Waals surface area (Å²) in [5, 5.41) is 9.48. The molecule has 1 aromatic carbocycles. The van der Waals surface area contributed by atoms with E-state index in [4.69, 9.17) is 4.74 Å². The second kappa shape index (κ2) is 5.12. The molecule has 1 saturated carbocycles. The van der Waals surface area contributed by atoms with Gasteiger partial charge in [0.25, 0.3) is 0 Å². The molecule has 0 aliphatic heterocycles. The molecule has 0 amide bonds. The normalized spacial score (nSPS) is 28.4. The smallest absolute Gasteiger partial charge is 0.307 e. The Morgan fingerprint density at radius 1 is 1.40 bits per heavy atom. The van der Waals surface area contributed by atoms with Gasteiger partial charge in [-0.2, -0.15) is 0 Å². The van der Waals surface area contributed by atoms with Gasteiger partial charge in [0, 0.05) is 0 Å². The third-order valence-corrected chi connectivity index (χ3v) is 5.25. The van der Waals surface area contributed by atoms with E-state index in [1.54, 1.807) is 7.11 Å². The molecule has 1 aliphatic rings. The predicted molar refractivity (Wildman–Crippen MR) is 79.2 cm³/mol. The molecule has 3 heteroatoms. The van der Waals surface area contributed by atoms with E-state index in [-0.39, 0.29) is 17.3 Å². The second-order valence-electron chi connectivity index (χ2n) is 6.59. The number of aliphatic carboxylic acids is 1. The molecule has 0 heterocycles. The molecular formula is C17H24O3. The number of carboxylic acids is 1. The summed E-state index contributed by atoms with van der Waals surface area (Å²) in [6.07, 6.45) is 0.684. The highest BCUT2D eigenvalue weighted by molar-refractivity contribution is 5.72. The first-order valence-electron chi connectivity index (χ1n) is 7.16. The predicted octanol–water partition coefficient (Wildman–Crippen LogP) is 3.85. The Morgan fingerprint density at radius 3 is 2.55 bits per heavy atom. The number of hydrogen-bond donors (Lipinski definition) is 1. The van der Waals surface area contributed by atoms with Gasteiger partial charge in [-0.05, 0) is 42.2 Å². The molecule has 0 aromatic heterocycles. The summed E-state index contributed by atoms with van der Waals surface area (Å²) >= 11 is 0. The first kappa shape index (κ1) is 14.9. The van der Waals surface area contributed by atoms with Crippen LogP contribution < -0.4 is 4.74 Å². The monoisotopic (exact) mass is 276 g/mol. The van der Waals surface area contributed by atoms with E-state index in [1.807, 2.05) is 12.1 Å². The van der Waals surface area contributed by atoms with Crippen LogP contribution in [0.1, 0.15) is 44.2 Å². The number of hydrogen-bond acceptors (Lipinski definition) is 2. The molecule has 0 spiro atoms. The zero-order valence-electron chi connectivity index (χ0n) is 12.9. The number of benzene rings is 1. The zero-order chi connectivity index (χ0) is 15.1. The lowest BCUT2D eigenvalue weighted by molar-refractivity contribution is -0.145. The lowest BCUT2D eigenvalue weighted by Crippen LogP contribution is -2.29. The van der Waals surface area contributed by atoms with Crippen LogP contribution in [-0.2, 0) is 4.79 Å². The minimum Gasteiger partial charge on any atom is -0.496 e. The van der Waals surface area contributed by atoms with Crippen molar-refractivity contribution in [1.29, 1.82) is 0 Å². The quantitative estimate of drug-likeness (QED) is 0.912. The maximum Gasteiger partial charge on any atom is 0.307 e. The molecule has 3 atom stereocenters. The largest absolute Gasteiger partial charge is 0.496 e. The summed E-state index contributed by atoms with van der Waals surface area (Å²) in [5.74, 6) is 0.429. The standard InChI is InChI=1S/C17H24O3/c1-10-6-7-15(20-5)13(8-10)12-9-14(16(18)19)17(3,4)11(12)2/h6-8,11-12,14H,9H2,1-5H3,(H,18,19)/t11-,12-,14-/m1/s1. The van der Waals surface area contributed by atoms with E-state index in [1.165, 1.54) is 5.56 Å². The Bertz CT molecular complexity index is 519. The first-order valence-corrected chi connectivity index (χ1v) is 7.16. The Balaban J connectivity index is 2.44. The molecule has 0 saturated heterocycles. The minimum atomic E-state index is -0.684. The maximum atomic E-state index is 11.5. The van der Waals surface area contributed by atoms with Crippen LogP contribution in [-0.4, -0.2) is 18.2 Å². The van der Waals surface area contributed by atoms with E-state index in [0.29, 0.717) is 12.3 Å². The van der Waals surface area contributed by atoms with Gasteiger partial charge in [-0.1, -0.05) is 38.5 Å². The van der Waals surface area contributed by atoms with Crippen molar-refractivity contribution in [3.63, 3.8) is 0 Å². The highest BCUT2D eigenvalue weighted by atomic mass is 16.5. The van der Waals surface area contributed by atoms with Crippen molar-refractivity contribution in [2.24, 2.45) is 17.3 Å². The average molecular weight is 276 g/mol. The fourth-order valence-electron chi connectivity index (χ4n) is 3.56. The second-order valence-corrected chi connectivity index (χ2v) is 6.59. The summed E-state index contributed by atoms with van der Waals surface area (Å²) < 4.78 is 5.48. The Kier molecular flexibility index (Phi) is 3.81. The summed E-state index contributed by atoms with van der Waals surface area (Å²) in [4.78, 5) is 11.5. The van der Waals surface area contributed by atoms with Crippen LogP contribution in [0, 0.1) is 24.2 Å². The van der Waals surface area contributed by atoms with E-state index < -0.39 is 5.97 Å². The number of ether oxygens (including phenoxy) is 1. The molecule has 1 fully saturated rings. The number of rotatable bonds is 3. The van der Waals surface area contributed by atoms with Crippen molar-refractivity contribution in [2.75, 3.05) is 7.11 Å². The fourth-order valence-corrected chi connectivity index (χ4v) is 3.56. The fraction of sp³-hybridized carbons (Fsp3) is 0.588. The average Bonchev–Trinajstić information content (AvgIpc) is 2.61. The third-order valence-electron chi connectivity index (χ3n) is 5.25.